The summed E-state index contributed by atoms with van der Waals surface area (Å²) in [6.07, 6.45) is 2.07. The standard InChI is InChI=1S/C32H38N2O8S/c1-39-27-10-8-25(9-11-27)26-22-30(32(36)33-17-16-24-6-4-3-5-7-24)42-31(23-26)41-21-19-34(18-20-35)43(37,38)29-14-12-28(40-2)13-15-29/h3-15,22,26,31,35H,16-21,23H2,1-2H3,(H,33,36)/t26-,31+/m1/s1. The number of rotatable bonds is 15. The van der Waals surface area contributed by atoms with Crippen molar-refractivity contribution in [2.75, 3.05) is 47.1 Å². The molecule has 230 valence electrons. The maximum Gasteiger partial charge on any atom is 0.286 e. The molecule has 1 amide bonds. The molecule has 0 radical (unpaired) electrons. The first kappa shape index (κ1) is 32.0. The minimum Gasteiger partial charge on any atom is -0.497 e. The number of nitrogens with zero attached hydrogens (tertiary/aromatic N) is 1. The number of carbonyl (C=O) groups excluding carboxylic acids is 1. The average Bonchev–Trinajstić information content (AvgIpc) is 3.04. The van der Waals surface area contributed by atoms with Crippen LogP contribution >= 0.6 is 0 Å². The summed E-state index contributed by atoms with van der Waals surface area (Å²) < 4.78 is 50.0. The van der Waals surface area contributed by atoms with Crippen molar-refractivity contribution in [2.24, 2.45) is 0 Å². The minimum atomic E-state index is -3.90. The summed E-state index contributed by atoms with van der Waals surface area (Å²) in [6.45, 7) is -0.0677. The Morgan fingerprint density at radius 1 is 0.953 bits per heavy atom. The fourth-order valence-corrected chi connectivity index (χ4v) is 6.12. The smallest absolute Gasteiger partial charge is 0.286 e. The van der Waals surface area contributed by atoms with Gasteiger partial charge in [0.15, 0.2) is 5.76 Å². The molecule has 0 unspecified atom stereocenters. The number of benzene rings is 3. The van der Waals surface area contributed by atoms with Crippen molar-refractivity contribution >= 4 is 15.9 Å². The van der Waals surface area contributed by atoms with E-state index in [1.165, 1.54) is 19.2 Å². The number of aliphatic hydroxyl groups excluding tert-OH is 1. The third-order valence-electron chi connectivity index (χ3n) is 7.06. The first-order valence-corrected chi connectivity index (χ1v) is 15.5. The molecular formula is C32H38N2O8S. The number of allylic oxidation sites excluding steroid dienone is 1. The van der Waals surface area contributed by atoms with Crippen LogP contribution in [0, 0.1) is 0 Å². The average molecular weight is 611 g/mol. The Bertz CT molecular complexity index is 1440. The highest BCUT2D eigenvalue weighted by Crippen LogP contribution is 2.32. The van der Waals surface area contributed by atoms with Crippen LogP contribution in [0.15, 0.2) is 95.6 Å². The quantitative estimate of drug-likeness (QED) is 0.268. The molecule has 0 fully saturated rings. The van der Waals surface area contributed by atoms with E-state index in [1.54, 1.807) is 25.3 Å². The summed E-state index contributed by atoms with van der Waals surface area (Å²) in [6, 6.07) is 23.5. The van der Waals surface area contributed by atoms with Crippen molar-refractivity contribution in [3.63, 3.8) is 0 Å². The predicted octanol–water partition coefficient (Wildman–Crippen LogP) is 3.48. The summed E-state index contributed by atoms with van der Waals surface area (Å²) >= 11 is 0. The molecule has 11 heteroatoms. The first-order valence-electron chi connectivity index (χ1n) is 14.0. The highest BCUT2D eigenvalue weighted by molar-refractivity contribution is 7.89. The molecule has 1 aliphatic heterocycles. The summed E-state index contributed by atoms with van der Waals surface area (Å²) in [5, 5.41) is 12.5. The summed E-state index contributed by atoms with van der Waals surface area (Å²) in [5.41, 5.74) is 2.06. The van der Waals surface area contributed by atoms with Gasteiger partial charge in [0.05, 0.1) is 32.3 Å². The number of aliphatic hydroxyl groups is 1. The molecule has 0 aliphatic carbocycles. The molecule has 10 nitrogen and oxygen atoms in total. The Balaban J connectivity index is 1.43. The molecule has 0 spiro atoms. The largest absolute Gasteiger partial charge is 0.497 e. The number of amides is 1. The molecule has 2 atom stereocenters. The Morgan fingerprint density at radius 2 is 1.60 bits per heavy atom. The van der Waals surface area contributed by atoms with Crippen LogP contribution < -0.4 is 14.8 Å². The van der Waals surface area contributed by atoms with Gasteiger partial charge in [-0.15, -0.1) is 0 Å². The molecule has 3 aromatic carbocycles. The van der Waals surface area contributed by atoms with Crippen LogP contribution in [0.5, 0.6) is 11.5 Å². The van der Waals surface area contributed by atoms with E-state index < -0.39 is 16.3 Å². The second-order valence-corrected chi connectivity index (χ2v) is 11.8. The lowest BCUT2D eigenvalue weighted by molar-refractivity contribution is -0.146. The molecule has 43 heavy (non-hydrogen) atoms. The highest BCUT2D eigenvalue weighted by atomic mass is 32.2. The van der Waals surface area contributed by atoms with Crippen molar-refractivity contribution in [3.8, 4) is 11.5 Å². The van der Waals surface area contributed by atoms with Gasteiger partial charge in [0, 0.05) is 32.0 Å². The monoisotopic (exact) mass is 610 g/mol. The first-order chi connectivity index (χ1) is 20.8. The fourth-order valence-electron chi connectivity index (χ4n) is 4.70. The molecule has 0 aromatic heterocycles. The van der Waals surface area contributed by atoms with E-state index in [9.17, 15) is 18.3 Å². The Labute approximate surface area is 252 Å². The van der Waals surface area contributed by atoms with E-state index in [0.29, 0.717) is 30.9 Å². The zero-order valence-corrected chi connectivity index (χ0v) is 25.2. The van der Waals surface area contributed by atoms with Crippen molar-refractivity contribution in [1.82, 2.24) is 9.62 Å². The summed E-state index contributed by atoms with van der Waals surface area (Å²) in [4.78, 5) is 13.2. The summed E-state index contributed by atoms with van der Waals surface area (Å²) in [7, 11) is -0.802. The van der Waals surface area contributed by atoms with E-state index in [-0.39, 0.29) is 48.8 Å². The zero-order chi connectivity index (χ0) is 30.7. The topological polar surface area (TPSA) is 124 Å². The number of nitrogens with one attached hydrogen (secondary N) is 1. The Kier molecular flexibility index (Phi) is 11.6. The molecule has 1 aliphatic rings. The number of sulfonamides is 1. The van der Waals surface area contributed by atoms with Crippen LogP contribution in [-0.4, -0.2) is 77.1 Å². The number of carbonyl (C=O) groups is 1. The van der Waals surface area contributed by atoms with Gasteiger partial charge in [-0.2, -0.15) is 4.31 Å². The number of ether oxygens (including phenoxy) is 4. The molecular weight excluding hydrogens is 572 g/mol. The van der Waals surface area contributed by atoms with E-state index in [1.807, 2.05) is 54.6 Å². The van der Waals surface area contributed by atoms with Gasteiger partial charge in [0.2, 0.25) is 16.3 Å². The maximum atomic E-state index is 13.3. The molecule has 0 saturated carbocycles. The number of hydrogen-bond donors (Lipinski definition) is 2. The SMILES string of the molecule is COc1ccc([C@@H]2C=C(C(=O)NCCc3ccccc3)O[C@H](OCCN(CCO)S(=O)(=O)c3ccc(OC)cc3)C2)cc1. The third-order valence-corrected chi connectivity index (χ3v) is 8.97. The lowest BCUT2D eigenvalue weighted by atomic mass is 9.93. The van der Waals surface area contributed by atoms with Crippen LogP contribution in [0.3, 0.4) is 0 Å². The number of hydrogen-bond acceptors (Lipinski definition) is 8. The van der Waals surface area contributed by atoms with Crippen LogP contribution in [0.25, 0.3) is 0 Å². The van der Waals surface area contributed by atoms with Gasteiger partial charge in [-0.1, -0.05) is 42.5 Å². The second kappa shape index (κ2) is 15.5. The normalized spacial score (nSPS) is 16.7. The van der Waals surface area contributed by atoms with Gasteiger partial charge in [-0.3, -0.25) is 4.79 Å². The van der Waals surface area contributed by atoms with Gasteiger partial charge < -0.3 is 29.4 Å². The molecule has 0 saturated heterocycles. The van der Waals surface area contributed by atoms with Crippen molar-refractivity contribution in [3.05, 3.63) is 102 Å². The van der Waals surface area contributed by atoms with Crippen LogP contribution in [0.2, 0.25) is 0 Å². The van der Waals surface area contributed by atoms with Crippen LogP contribution in [0.1, 0.15) is 23.5 Å². The van der Waals surface area contributed by atoms with Crippen LogP contribution in [0.4, 0.5) is 0 Å². The maximum absolute atomic E-state index is 13.3. The van der Waals surface area contributed by atoms with Gasteiger partial charge >= 0.3 is 0 Å². The molecule has 4 rings (SSSR count). The molecule has 0 bridgehead atoms. The molecule has 3 aromatic rings. The van der Waals surface area contributed by atoms with Crippen molar-refractivity contribution in [1.29, 1.82) is 0 Å². The lowest BCUT2D eigenvalue weighted by Crippen LogP contribution is -2.38. The minimum absolute atomic E-state index is 0.0156. The third kappa shape index (κ3) is 8.80. The van der Waals surface area contributed by atoms with E-state index >= 15 is 0 Å². The summed E-state index contributed by atoms with van der Waals surface area (Å²) in [5.74, 6) is 0.851. The van der Waals surface area contributed by atoms with Gasteiger partial charge in [-0.25, -0.2) is 8.42 Å². The second-order valence-electron chi connectivity index (χ2n) is 9.86. The van der Waals surface area contributed by atoms with E-state index in [4.69, 9.17) is 18.9 Å². The van der Waals surface area contributed by atoms with Crippen molar-refractivity contribution in [2.45, 2.75) is 29.9 Å². The number of methoxy groups -OCH3 is 2. The van der Waals surface area contributed by atoms with E-state index in [2.05, 4.69) is 5.32 Å². The van der Waals surface area contributed by atoms with Gasteiger partial charge in [-0.05, 0) is 60.0 Å². The fraction of sp³-hybridized carbons (Fsp3) is 0.344. The van der Waals surface area contributed by atoms with Gasteiger partial charge in [0.1, 0.15) is 11.5 Å². The Hall–Kier alpha value is -3.90. The predicted molar refractivity (Wildman–Crippen MR) is 161 cm³/mol. The zero-order valence-electron chi connectivity index (χ0n) is 24.3. The van der Waals surface area contributed by atoms with Crippen molar-refractivity contribution < 1.29 is 37.3 Å². The van der Waals surface area contributed by atoms with E-state index in [0.717, 1.165) is 15.4 Å². The van der Waals surface area contributed by atoms with Crippen LogP contribution in [-0.2, 0) is 30.7 Å². The highest BCUT2D eigenvalue weighted by Gasteiger charge is 2.30. The lowest BCUT2D eigenvalue weighted by Gasteiger charge is -2.30. The molecule has 1 heterocycles. The van der Waals surface area contributed by atoms with Gasteiger partial charge in [0.25, 0.3) is 5.91 Å². The Morgan fingerprint density at radius 3 is 2.23 bits per heavy atom. The molecule has 2 N–H and O–H groups in total.